The third-order valence-corrected chi connectivity index (χ3v) is 1.63. The standard InChI is InChI=1S/C6H6ClN5O/c1-3(7)5-9-6(13-11-5)4-2-8-12-10-4/h2-3H,1H3,(H,8,10,12). The summed E-state index contributed by atoms with van der Waals surface area (Å²) in [6.07, 6.45) is 1.50. The highest BCUT2D eigenvalue weighted by molar-refractivity contribution is 6.20. The van der Waals surface area contributed by atoms with Gasteiger partial charge in [-0.25, -0.2) is 0 Å². The van der Waals surface area contributed by atoms with E-state index in [1.807, 2.05) is 0 Å². The number of nitrogens with one attached hydrogen (secondary N) is 1. The van der Waals surface area contributed by atoms with Crippen molar-refractivity contribution in [3.8, 4) is 11.6 Å². The molecule has 7 heteroatoms. The van der Waals surface area contributed by atoms with E-state index in [1.54, 1.807) is 6.92 Å². The third-order valence-electron chi connectivity index (χ3n) is 1.43. The van der Waals surface area contributed by atoms with E-state index in [-0.39, 0.29) is 5.38 Å². The summed E-state index contributed by atoms with van der Waals surface area (Å²) < 4.78 is 4.90. The molecule has 0 aliphatic carbocycles. The first-order chi connectivity index (χ1) is 6.27. The normalized spacial score (nSPS) is 13.1. The molecule has 2 aromatic rings. The zero-order valence-corrected chi connectivity index (χ0v) is 7.49. The summed E-state index contributed by atoms with van der Waals surface area (Å²) >= 11 is 5.75. The quantitative estimate of drug-likeness (QED) is 0.734. The lowest BCUT2D eigenvalue weighted by Crippen LogP contribution is -1.86. The minimum atomic E-state index is -0.274. The summed E-state index contributed by atoms with van der Waals surface area (Å²) in [5.41, 5.74) is 0.510. The summed E-state index contributed by atoms with van der Waals surface area (Å²) in [5.74, 6) is 0.760. The maximum absolute atomic E-state index is 5.75. The van der Waals surface area contributed by atoms with Crippen LogP contribution in [0.25, 0.3) is 11.6 Å². The summed E-state index contributed by atoms with van der Waals surface area (Å²) in [7, 11) is 0. The first kappa shape index (κ1) is 8.18. The number of aromatic nitrogens is 5. The molecule has 0 aromatic carbocycles. The molecule has 1 atom stereocenters. The van der Waals surface area contributed by atoms with Crippen molar-refractivity contribution in [1.82, 2.24) is 25.6 Å². The van der Waals surface area contributed by atoms with Crippen molar-refractivity contribution in [2.75, 3.05) is 0 Å². The van der Waals surface area contributed by atoms with Crippen LogP contribution in [0.2, 0.25) is 0 Å². The molecular formula is C6H6ClN5O. The monoisotopic (exact) mass is 199 g/mol. The van der Waals surface area contributed by atoms with Crippen LogP contribution in [-0.2, 0) is 0 Å². The van der Waals surface area contributed by atoms with Crippen molar-refractivity contribution >= 4 is 11.6 Å². The van der Waals surface area contributed by atoms with Gasteiger partial charge in [0, 0.05) is 0 Å². The molecule has 2 heterocycles. The van der Waals surface area contributed by atoms with Crippen molar-refractivity contribution in [1.29, 1.82) is 0 Å². The summed E-state index contributed by atoms with van der Waals surface area (Å²) in [4.78, 5) is 4.02. The van der Waals surface area contributed by atoms with Gasteiger partial charge in [-0.3, -0.25) is 0 Å². The lowest BCUT2D eigenvalue weighted by atomic mass is 10.4. The molecule has 0 amide bonds. The lowest BCUT2D eigenvalue weighted by Gasteiger charge is -1.88. The predicted octanol–water partition coefficient (Wildman–Crippen LogP) is 1.15. The number of hydrogen-bond donors (Lipinski definition) is 1. The maximum Gasteiger partial charge on any atom is 0.280 e. The number of H-pyrrole nitrogens is 1. The Morgan fingerprint density at radius 3 is 3.00 bits per heavy atom. The van der Waals surface area contributed by atoms with Crippen LogP contribution in [0, 0.1) is 0 Å². The SMILES string of the molecule is CC(Cl)c1noc(-c2cn[nH]n2)n1. The number of hydrogen-bond acceptors (Lipinski definition) is 5. The molecule has 2 rings (SSSR count). The number of halogens is 1. The summed E-state index contributed by atoms with van der Waals surface area (Å²) in [5, 5.41) is 13.2. The Morgan fingerprint density at radius 1 is 1.62 bits per heavy atom. The molecule has 0 spiro atoms. The molecule has 0 fully saturated rings. The first-order valence-electron chi connectivity index (χ1n) is 3.61. The van der Waals surface area contributed by atoms with E-state index in [9.17, 15) is 0 Å². The van der Waals surface area contributed by atoms with Crippen LogP contribution >= 0.6 is 11.6 Å². The van der Waals surface area contributed by atoms with E-state index in [0.717, 1.165) is 0 Å². The van der Waals surface area contributed by atoms with Crippen molar-refractivity contribution in [2.24, 2.45) is 0 Å². The van der Waals surface area contributed by atoms with Gasteiger partial charge in [0.15, 0.2) is 11.5 Å². The van der Waals surface area contributed by atoms with Gasteiger partial charge in [-0.15, -0.1) is 11.6 Å². The fourth-order valence-electron chi connectivity index (χ4n) is 0.805. The fourth-order valence-corrected chi connectivity index (χ4v) is 0.894. The van der Waals surface area contributed by atoms with Crippen molar-refractivity contribution in [2.45, 2.75) is 12.3 Å². The molecule has 6 nitrogen and oxygen atoms in total. The van der Waals surface area contributed by atoms with Crippen molar-refractivity contribution < 1.29 is 4.52 Å². The summed E-state index contributed by atoms with van der Waals surface area (Å²) in [6.45, 7) is 1.76. The van der Waals surface area contributed by atoms with E-state index in [0.29, 0.717) is 17.4 Å². The van der Waals surface area contributed by atoms with Gasteiger partial charge in [-0.1, -0.05) is 5.16 Å². The molecule has 0 radical (unpaired) electrons. The van der Waals surface area contributed by atoms with E-state index in [1.165, 1.54) is 6.20 Å². The fraction of sp³-hybridized carbons (Fsp3) is 0.333. The first-order valence-corrected chi connectivity index (χ1v) is 4.05. The zero-order valence-electron chi connectivity index (χ0n) is 6.73. The van der Waals surface area contributed by atoms with Gasteiger partial charge in [0.25, 0.3) is 5.89 Å². The molecule has 0 bridgehead atoms. The van der Waals surface area contributed by atoms with Crippen LogP contribution in [0.5, 0.6) is 0 Å². The van der Waals surface area contributed by atoms with Gasteiger partial charge in [0.05, 0.1) is 11.6 Å². The Kier molecular flexibility index (Phi) is 1.97. The molecule has 13 heavy (non-hydrogen) atoms. The predicted molar refractivity (Wildman–Crippen MR) is 43.9 cm³/mol. The maximum atomic E-state index is 5.75. The lowest BCUT2D eigenvalue weighted by molar-refractivity contribution is 0.421. The molecule has 0 aliphatic heterocycles. The topological polar surface area (TPSA) is 80.5 Å². The van der Waals surface area contributed by atoms with Gasteiger partial charge in [-0.05, 0) is 6.92 Å². The number of alkyl halides is 1. The number of aromatic amines is 1. The number of nitrogens with zero attached hydrogens (tertiary/aromatic N) is 4. The van der Waals surface area contributed by atoms with Crippen LogP contribution in [0.3, 0.4) is 0 Å². The van der Waals surface area contributed by atoms with Gasteiger partial charge in [0.1, 0.15) is 0 Å². The van der Waals surface area contributed by atoms with Crippen LogP contribution < -0.4 is 0 Å². The average Bonchev–Trinajstić information content (AvgIpc) is 2.75. The van der Waals surface area contributed by atoms with Crippen molar-refractivity contribution in [3.63, 3.8) is 0 Å². The van der Waals surface area contributed by atoms with Gasteiger partial charge in [-0.2, -0.15) is 20.4 Å². The van der Waals surface area contributed by atoms with E-state index in [4.69, 9.17) is 16.1 Å². The highest BCUT2D eigenvalue weighted by Gasteiger charge is 2.13. The van der Waals surface area contributed by atoms with Crippen molar-refractivity contribution in [3.05, 3.63) is 12.0 Å². The Morgan fingerprint density at radius 2 is 2.46 bits per heavy atom. The highest BCUT2D eigenvalue weighted by atomic mass is 35.5. The minimum Gasteiger partial charge on any atom is -0.332 e. The van der Waals surface area contributed by atoms with E-state index < -0.39 is 0 Å². The van der Waals surface area contributed by atoms with Crippen LogP contribution in [0.1, 0.15) is 18.1 Å². The van der Waals surface area contributed by atoms with E-state index in [2.05, 4.69) is 25.6 Å². The van der Waals surface area contributed by atoms with Crippen LogP contribution in [-0.4, -0.2) is 25.6 Å². The van der Waals surface area contributed by atoms with Crippen LogP contribution in [0.15, 0.2) is 10.7 Å². The largest absolute Gasteiger partial charge is 0.332 e. The molecule has 0 saturated carbocycles. The Bertz CT molecular complexity index is 381. The smallest absolute Gasteiger partial charge is 0.280 e. The van der Waals surface area contributed by atoms with Crippen LogP contribution in [0.4, 0.5) is 0 Å². The minimum absolute atomic E-state index is 0.274. The average molecular weight is 200 g/mol. The zero-order chi connectivity index (χ0) is 9.26. The highest BCUT2D eigenvalue weighted by Crippen LogP contribution is 2.19. The Hall–Kier alpha value is -1.43. The molecule has 1 N–H and O–H groups in total. The number of rotatable bonds is 2. The Labute approximate surface area is 78.3 Å². The third kappa shape index (κ3) is 1.52. The molecule has 0 saturated heterocycles. The van der Waals surface area contributed by atoms with Gasteiger partial charge >= 0.3 is 0 Å². The van der Waals surface area contributed by atoms with Gasteiger partial charge in [0.2, 0.25) is 0 Å². The Balaban J connectivity index is 2.33. The second-order valence-electron chi connectivity index (χ2n) is 2.43. The second kappa shape index (κ2) is 3.14. The molecular weight excluding hydrogens is 194 g/mol. The molecule has 68 valence electrons. The molecule has 1 unspecified atom stereocenters. The van der Waals surface area contributed by atoms with E-state index >= 15 is 0 Å². The second-order valence-corrected chi connectivity index (χ2v) is 3.08. The van der Waals surface area contributed by atoms with Gasteiger partial charge < -0.3 is 4.52 Å². The summed E-state index contributed by atoms with van der Waals surface area (Å²) in [6, 6.07) is 0. The molecule has 0 aliphatic rings. The molecule has 2 aromatic heterocycles.